The molecule has 0 saturated carbocycles. The molecule has 2 atom stereocenters. The Morgan fingerprint density at radius 3 is 2.29 bits per heavy atom. The van der Waals surface area contributed by atoms with Crippen molar-refractivity contribution in [1.82, 2.24) is 9.88 Å². The summed E-state index contributed by atoms with van der Waals surface area (Å²) in [6.45, 7) is 1.11. The van der Waals surface area contributed by atoms with E-state index in [-0.39, 0.29) is 23.6 Å². The minimum absolute atomic E-state index is 0.0535. The van der Waals surface area contributed by atoms with E-state index in [0.29, 0.717) is 48.1 Å². The summed E-state index contributed by atoms with van der Waals surface area (Å²) < 4.78 is 46.9. The molecule has 4 aromatic rings. The lowest BCUT2D eigenvalue weighted by atomic mass is 9.81. The number of amides is 1. The fraction of sp³-hybridized carbons (Fsp3) is 0.200. The highest BCUT2D eigenvalue weighted by molar-refractivity contribution is 6.30. The molecule has 0 bridgehead atoms. The Morgan fingerprint density at radius 1 is 0.921 bits per heavy atom. The third-order valence-corrected chi connectivity index (χ3v) is 7.09. The first kappa shape index (κ1) is 25.8. The Kier molecular flexibility index (Phi) is 7.65. The number of piperidine rings is 1. The van der Waals surface area contributed by atoms with Crippen molar-refractivity contribution in [2.24, 2.45) is 5.92 Å². The Balaban J connectivity index is 1.33. The number of benzene rings is 3. The van der Waals surface area contributed by atoms with E-state index in [9.17, 15) is 18.0 Å². The van der Waals surface area contributed by atoms with Crippen LogP contribution in [0.1, 0.15) is 28.3 Å². The van der Waals surface area contributed by atoms with Gasteiger partial charge in [0.2, 0.25) is 5.88 Å². The quantitative estimate of drug-likeness (QED) is 0.263. The maximum Gasteiger partial charge on any atom is 0.253 e. The predicted octanol–water partition coefficient (Wildman–Crippen LogP) is 7.14. The lowest BCUT2D eigenvalue weighted by molar-refractivity contribution is 0.0614. The second-order valence-electron chi connectivity index (χ2n) is 9.29. The molecule has 1 aliphatic rings. The smallest absolute Gasteiger partial charge is 0.253 e. The largest absolute Gasteiger partial charge is 0.477 e. The molecule has 1 aromatic heterocycles. The lowest BCUT2D eigenvalue weighted by Crippen LogP contribution is -2.44. The molecule has 0 N–H and O–H groups in total. The van der Waals surface area contributed by atoms with Gasteiger partial charge in [-0.3, -0.25) is 4.79 Å². The van der Waals surface area contributed by atoms with Crippen LogP contribution in [0.25, 0.3) is 11.1 Å². The molecule has 38 heavy (non-hydrogen) atoms. The summed E-state index contributed by atoms with van der Waals surface area (Å²) in [5.41, 5.74) is 2.83. The molecule has 1 fully saturated rings. The predicted molar refractivity (Wildman–Crippen MR) is 140 cm³/mol. The molecule has 0 aliphatic carbocycles. The molecule has 194 valence electrons. The van der Waals surface area contributed by atoms with Gasteiger partial charge in [0.15, 0.2) is 11.6 Å². The summed E-state index contributed by atoms with van der Waals surface area (Å²) >= 11 is 5.90. The Labute approximate surface area is 223 Å². The number of nitrogens with zero attached hydrogens (tertiary/aromatic N) is 2. The van der Waals surface area contributed by atoms with Gasteiger partial charge in [-0.25, -0.2) is 18.2 Å². The highest BCUT2D eigenvalue weighted by Crippen LogP contribution is 2.34. The summed E-state index contributed by atoms with van der Waals surface area (Å²) in [5, 5.41) is 0.495. The molecule has 1 aliphatic heterocycles. The first-order chi connectivity index (χ1) is 18.4. The lowest BCUT2D eigenvalue weighted by Gasteiger charge is -2.39. The molecular formula is C30H24ClF3N2O2. The van der Waals surface area contributed by atoms with Crippen molar-refractivity contribution in [1.29, 1.82) is 0 Å². The van der Waals surface area contributed by atoms with Crippen LogP contribution < -0.4 is 4.74 Å². The van der Waals surface area contributed by atoms with E-state index in [1.165, 1.54) is 24.4 Å². The number of ether oxygens (including phenoxy) is 1. The number of carbonyl (C=O) groups is 1. The number of halogens is 4. The summed E-state index contributed by atoms with van der Waals surface area (Å²) in [4.78, 5) is 19.3. The van der Waals surface area contributed by atoms with Crippen LogP contribution in [-0.4, -0.2) is 35.5 Å². The minimum atomic E-state index is -0.929. The van der Waals surface area contributed by atoms with Crippen molar-refractivity contribution in [3.63, 3.8) is 0 Å². The van der Waals surface area contributed by atoms with Gasteiger partial charge in [0.25, 0.3) is 5.91 Å². The molecule has 1 saturated heterocycles. The van der Waals surface area contributed by atoms with E-state index < -0.39 is 11.6 Å². The highest BCUT2D eigenvalue weighted by atomic mass is 35.5. The normalized spacial score (nSPS) is 17.3. The van der Waals surface area contributed by atoms with Crippen LogP contribution in [0.2, 0.25) is 5.02 Å². The van der Waals surface area contributed by atoms with Gasteiger partial charge in [0.05, 0.1) is 11.6 Å². The van der Waals surface area contributed by atoms with Gasteiger partial charge in [-0.1, -0.05) is 41.9 Å². The third-order valence-electron chi connectivity index (χ3n) is 6.87. The van der Waals surface area contributed by atoms with E-state index in [4.69, 9.17) is 16.3 Å². The summed E-state index contributed by atoms with van der Waals surface area (Å²) in [5.74, 6) is -2.22. The van der Waals surface area contributed by atoms with E-state index >= 15 is 0 Å². The molecule has 1 amide bonds. The number of hydrogen-bond acceptors (Lipinski definition) is 3. The molecule has 4 nitrogen and oxygen atoms in total. The first-order valence-electron chi connectivity index (χ1n) is 12.2. The zero-order chi connectivity index (χ0) is 26.6. The average Bonchev–Trinajstić information content (AvgIpc) is 2.94. The highest BCUT2D eigenvalue weighted by Gasteiger charge is 2.34. The van der Waals surface area contributed by atoms with Crippen LogP contribution in [0.5, 0.6) is 5.88 Å². The van der Waals surface area contributed by atoms with Crippen LogP contribution in [-0.2, 0) is 0 Å². The summed E-state index contributed by atoms with van der Waals surface area (Å²) in [7, 11) is 0. The van der Waals surface area contributed by atoms with Crippen molar-refractivity contribution in [3.05, 3.63) is 119 Å². The number of aromatic nitrogens is 1. The molecule has 5 rings (SSSR count). The fourth-order valence-electron chi connectivity index (χ4n) is 4.78. The monoisotopic (exact) mass is 536 g/mol. The summed E-state index contributed by atoms with van der Waals surface area (Å²) in [6, 6.07) is 20.5. The van der Waals surface area contributed by atoms with Crippen LogP contribution >= 0.6 is 11.6 Å². The van der Waals surface area contributed by atoms with Crippen molar-refractivity contribution in [2.75, 3.05) is 19.7 Å². The van der Waals surface area contributed by atoms with Crippen molar-refractivity contribution < 1.29 is 22.7 Å². The zero-order valence-corrected chi connectivity index (χ0v) is 21.0. The number of pyridine rings is 1. The van der Waals surface area contributed by atoms with Gasteiger partial charge in [0, 0.05) is 42.8 Å². The fourth-order valence-corrected chi connectivity index (χ4v) is 4.89. The average molecular weight is 537 g/mol. The number of rotatable bonds is 6. The van der Waals surface area contributed by atoms with E-state index in [1.807, 2.05) is 12.1 Å². The maximum atomic E-state index is 14.1. The van der Waals surface area contributed by atoms with Gasteiger partial charge in [-0.2, -0.15) is 0 Å². The second-order valence-corrected chi connectivity index (χ2v) is 9.73. The minimum Gasteiger partial charge on any atom is -0.477 e. The third kappa shape index (κ3) is 5.83. The Hall–Kier alpha value is -3.84. The van der Waals surface area contributed by atoms with Crippen molar-refractivity contribution in [3.8, 4) is 17.0 Å². The molecule has 3 aromatic carbocycles. The Morgan fingerprint density at radius 2 is 1.63 bits per heavy atom. The molecule has 0 radical (unpaired) electrons. The molecule has 0 spiro atoms. The number of hydrogen-bond donors (Lipinski definition) is 0. The van der Waals surface area contributed by atoms with Crippen LogP contribution in [0, 0.1) is 23.4 Å². The van der Waals surface area contributed by atoms with Gasteiger partial charge >= 0.3 is 0 Å². The van der Waals surface area contributed by atoms with Crippen LogP contribution in [0.4, 0.5) is 13.2 Å². The van der Waals surface area contributed by atoms with Crippen molar-refractivity contribution >= 4 is 17.5 Å². The topological polar surface area (TPSA) is 42.4 Å². The number of likely N-dealkylation sites (tertiary alicyclic amines) is 1. The Bertz CT molecular complexity index is 1410. The van der Waals surface area contributed by atoms with Gasteiger partial charge in [-0.05, 0) is 65.6 Å². The van der Waals surface area contributed by atoms with Crippen LogP contribution in [0.15, 0.2) is 85.1 Å². The first-order valence-corrected chi connectivity index (χ1v) is 12.6. The van der Waals surface area contributed by atoms with E-state index in [2.05, 4.69) is 4.98 Å². The van der Waals surface area contributed by atoms with E-state index in [0.717, 1.165) is 17.2 Å². The summed E-state index contributed by atoms with van der Waals surface area (Å²) in [6.07, 6.45) is 2.10. The maximum absolute atomic E-state index is 14.1. The standard InChI is InChI=1S/C30H24ClF3N2O2/c31-24-8-12-29(35-16-24)38-18-23-13-14-36(17-26(23)22-7-11-27(33)28(34)15-22)30(37)21-3-1-19(2-4-21)20-5-9-25(32)10-6-20/h1-12,15-16,23,26H,13-14,17-18H2. The molecule has 8 heteroatoms. The SMILES string of the molecule is O=C(c1ccc(-c2ccc(F)cc2)cc1)N1CCC(COc2ccc(Cl)cn2)C(c2ccc(F)c(F)c2)C1. The van der Waals surface area contributed by atoms with Gasteiger partial charge in [-0.15, -0.1) is 0 Å². The van der Waals surface area contributed by atoms with Gasteiger partial charge < -0.3 is 9.64 Å². The molecule has 2 unspecified atom stereocenters. The molecule has 2 heterocycles. The van der Waals surface area contributed by atoms with E-state index in [1.54, 1.807) is 47.4 Å². The van der Waals surface area contributed by atoms with Crippen LogP contribution in [0.3, 0.4) is 0 Å². The number of carbonyl (C=O) groups excluding carboxylic acids is 1. The van der Waals surface area contributed by atoms with Crippen molar-refractivity contribution in [2.45, 2.75) is 12.3 Å². The molecular weight excluding hydrogens is 513 g/mol. The second kappa shape index (κ2) is 11.3. The van der Waals surface area contributed by atoms with Gasteiger partial charge in [0.1, 0.15) is 5.82 Å². The zero-order valence-electron chi connectivity index (χ0n) is 20.3.